The highest BCUT2D eigenvalue weighted by Crippen LogP contribution is 2.30. The quantitative estimate of drug-likeness (QED) is 0.725. The SMILES string of the molecule is COc1ccc(NS(=O)(=O)c2cccc(C(=O)NC3CCN(C4CC4)C3)c2)cc1. The molecule has 1 aliphatic carbocycles. The first kappa shape index (κ1) is 19.7. The molecule has 1 saturated heterocycles. The van der Waals surface area contributed by atoms with Gasteiger partial charge in [0.1, 0.15) is 5.75 Å². The van der Waals surface area contributed by atoms with E-state index in [0.717, 1.165) is 19.5 Å². The van der Waals surface area contributed by atoms with Crippen LogP contribution >= 0.6 is 0 Å². The standard InChI is InChI=1S/C21H25N3O4S/c1-28-19-9-5-16(6-10-19)23-29(26,27)20-4-2-3-15(13-20)21(25)22-17-11-12-24(14-17)18-7-8-18/h2-6,9-10,13,17-18,23H,7-8,11-12,14H2,1H3,(H,22,25). The van der Waals surface area contributed by atoms with E-state index in [1.54, 1.807) is 43.5 Å². The highest BCUT2D eigenvalue weighted by Gasteiger charge is 2.34. The zero-order chi connectivity index (χ0) is 20.4. The topological polar surface area (TPSA) is 87.7 Å². The number of benzene rings is 2. The zero-order valence-electron chi connectivity index (χ0n) is 16.3. The number of carbonyl (C=O) groups is 1. The Hall–Kier alpha value is -2.58. The van der Waals surface area contributed by atoms with Crippen LogP contribution in [0.25, 0.3) is 0 Å². The number of methoxy groups -OCH3 is 1. The lowest BCUT2D eigenvalue weighted by Gasteiger charge is -2.16. The van der Waals surface area contributed by atoms with Gasteiger partial charge in [0.05, 0.1) is 12.0 Å². The number of likely N-dealkylation sites (tertiary alicyclic amines) is 1. The Kier molecular flexibility index (Phi) is 5.47. The lowest BCUT2D eigenvalue weighted by Crippen LogP contribution is -2.37. The summed E-state index contributed by atoms with van der Waals surface area (Å²) in [5.41, 5.74) is 0.763. The van der Waals surface area contributed by atoms with Gasteiger partial charge in [0.25, 0.3) is 15.9 Å². The van der Waals surface area contributed by atoms with Crippen molar-refractivity contribution in [1.82, 2.24) is 10.2 Å². The molecule has 1 atom stereocenters. The molecule has 0 bridgehead atoms. The van der Waals surface area contributed by atoms with E-state index in [4.69, 9.17) is 4.74 Å². The van der Waals surface area contributed by atoms with Crippen molar-refractivity contribution >= 4 is 21.6 Å². The molecule has 2 aliphatic rings. The van der Waals surface area contributed by atoms with Crippen LogP contribution in [-0.2, 0) is 10.0 Å². The first-order valence-corrected chi connectivity index (χ1v) is 11.2. The highest BCUT2D eigenvalue weighted by atomic mass is 32.2. The van der Waals surface area contributed by atoms with Crippen LogP contribution in [0.5, 0.6) is 5.75 Å². The van der Waals surface area contributed by atoms with E-state index >= 15 is 0 Å². The van der Waals surface area contributed by atoms with E-state index < -0.39 is 10.0 Å². The van der Waals surface area contributed by atoms with Crippen molar-refractivity contribution in [3.05, 3.63) is 54.1 Å². The van der Waals surface area contributed by atoms with Crippen molar-refractivity contribution in [2.45, 2.75) is 36.2 Å². The van der Waals surface area contributed by atoms with Gasteiger partial charge in [-0.05, 0) is 61.7 Å². The van der Waals surface area contributed by atoms with Crippen molar-refractivity contribution < 1.29 is 17.9 Å². The average molecular weight is 416 g/mol. The molecule has 0 aromatic heterocycles. The third-order valence-electron chi connectivity index (χ3n) is 5.37. The van der Waals surface area contributed by atoms with Gasteiger partial charge in [0, 0.05) is 36.4 Å². The lowest BCUT2D eigenvalue weighted by molar-refractivity contribution is 0.0937. The number of amides is 1. The molecule has 2 aromatic carbocycles. The van der Waals surface area contributed by atoms with E-state index in [2.05, 4.69) is 14.9 Å². The van der Waals surface area contributed by atoms with Crippen LogP contribution in [0.1, 0.15) is 29.6 Å². The number of ether oxygens (including phenoxy) is 1. The Bertz CT molecular complexity index is 987. The van der Waals surface area contributed by atoms with Gasteiger partial charge in [0.2, 0.25) is 0 Å². The lowest BCUT2D eigenvalue weighted by atomic mass is 10.2. The minimum absolute atomic E-state index is 0.0481. The van der Waals surface area contributed by atoms with Gasteiger partial charge in [0.15, 0.2) is 0 Å². The van der Waals surface area contributed by atoms with E-state index in [9.17, 15) is 13.2 Å². The number of carbonyl (C=O) groups excluding carboxylic acids is 1. The summed E-state index contributed by atoms with van der Waals surface area (Å²) in [7, 11) is -2.26. The molecular formula is C21H25N3O4S. The summed E-state index contributed by atoms with van der Waals surface area (Å²) >= 11 is 0. The third-order valence-corrected chi connectivity index (χ3v) is 6.75. The van der Waals surface area contributed by atoms with E-state index in [1.807, 2.05) is 0 Å². The van der Waals surface area contributed by atoms with Crippen LogP contribution in [-0.4, -0.2) is 51.5 Å². The largest absolute Gasteiger partial charge is 0.497 e. The van der Waals surface area contributed by atoms with Gasteiger partial charge in [-0.1, -0.05) is 6.07 Å². The molecule has 1 heterocycles. The molecule has 1 saturated carbocycles. The van der Waals surface area contributed by atoms with Crippen LogP contribution in [0.4, 0.5) is 5.69 Å². The molecule has 2 fully saturated rings. The first-order chi connectivity index (χ1) is 13.9. The van der Waals surface area contributed by atoms with Crippen molar-refractivity contribution in [2.24, 2.45) is 0 Å². The summed E-state index contributed by atoms with van der Waals surface area (Å²) in [6.45, 7) is 1.88. The minimum atomic E-state index is -3.81. The summed E-state index contributed by atoms with van der Waals surface area (Å²) in [6, 6.07) is 13.5. The van der Waals surface area contributed by atoms with Gasteiger partial charge in [-0.3, -0.25) is 14.4 Å². The molecule has 4 rings (SSSR count). The summed E-state index contributed by atoms with van der Waals surface area (Å²) in [5, 5.41) is 3.04. The fourth-order valence-corrected chi connectivity index (χ4v) is 4.73. The highest BCUT2D eigenvalue weighted by molar-refractivity contribution is 7.92. The molecular weight excluding hydrogens is 390 g/mol. The molecule has 0 radical (unpaired) electrons. The first-order valence-electron chi connectivity index (χ1n) is 9.76. The molecule has 1 aliphatic heterocycles. The predicted octanol–water partition coefficient (Wildman–Crippen LogP) is 2.46. The smallest absolute Gasteiger partial charge is 0.261 e. The normalized spacial score (nSPS) is 19.7. The molecule has 1 amide bonds. The number of hydrogen-bond acceptors (Lipinski definition) is 5. The maximum atomic E-state index is 12.7. The van der Waals surface area contributed by atoms with Crippen molar-refractivity contribution in [2.75, 3.05) is 24.9 Å². The summed E-state index contributed by atoms with van der Waals surface area (Å²) < 4.78 is 33.0. The summed E-state index contributed by atoms with van der Waals surface area (Å²) in [6.07, 6.45) is 3.43. The van der Waals surface area contributed by atoms with Gasteiger partial charge < -0.3 is 10.1 Å². The maximum Gasteiger partial charge on any atom is 0.261 e. The Morgan fingerprint density at radius 1 is 1.10 bits per heavy atom. The Morgan fingerprint density at radius 2 is 1.86 bits per heavy atom. The average Bonchev–Trinajstić information content (AvgIpc) is 3.47. The van der Waals surface area contributed by atoms with Gasteiger partial charge in [-0.25, -0.2) is 8.42 Å². The molecule has 2 N–H and O–H groups in total. The Balaban J connectivity index is 1.43. The fourth-order valence-electron chi connectivity index (χ4n) is 3.62. The van der Waals surface area contributed by atoms with Crippen molar-refractivity contribution in [3.8, 4) is 5.75 Å². The molecule has 154 valence electrons. The van der Waals surface area contributed by atoms with Crippen LogP contribution in [0.3, 0.4) is 0 Å². The number of sulfonamides is 1. The monoisotopic (exact) mass is 415 g/mol. The van der Waals surface area contributed by atoms with Crippen LogP contribution in [0.2, 0.25) is 0 Å². The van der Waals surface area contributed by atoms with Crippen LogP contribution < -0.4 is 14.8 Å². The molecule has 8 heteroatoms. The molecule has 29 heavy (non-hydrogen) atoms. The number of hydrogen-bond donors (Lipinski definition) is 2. The second-order valence-electron chi connectivity index (χ2n) is 7.55. The van der Waals surface area contributed by atoms with Gasteiger partial charge in [-0.2, -0.15) is 0 Å². The number of rotatable bonds is 7. The van der Waals surface area contributed by atoms with Crippen LogP contribution in [0.15, 0.2) is 53.4 Å². The zero-order valence-corrected chi connectivity index (χ0v) is 17.1. The third kappa shape index (κ3) is 4.71. The molecule has 7 nitrogen and oxygen atoms in total. The van der Waals surface area contributed by atoms with Crippen LogP contribution in [0, 0.1) is 0 Å². The second kappa shape index (κ2) is 8.04. The van der Waals surface area contributed by atoms with E-state index in [-0.39, 0.29) is 16.8 Å². The predicted molar refractivity (Wildman–Crippen MR) is 111 cm³/mol. The molecule has 0 spiro atoms. The Labute approximate surface area is 171 Å². The van der Waals surface area contributed by atoms with Gasteiger partial charge >= 0.3 is 0 Å². The number of nitrogens with one attached hydrogen (secondary N) is 2. The minimum Gasteiger partial charge on any atom is -0.497 e. The number of nitrogens with zero attached hydrogens (tertiary/aromatic N) is 1. The van der Waals surface area contributed by atoms with Crippen molar-refractivity contribution in [1.29, 1.82) is 0 Å². The van der Waals surface area contributed by atoms with E-state index in [0.29, 0.717) is 23.0 Å². The maximum absolute atomic E-state index is 12.7. The summed E-state index contributed by atoms with van der Waals surface area (Å²) in [4.78, 5) is 15.1. The summed E-state index contributed by atoms with van der Waals surface area (Å²) in [5.74, 6) is 0.396. The molecule has 2 aromatic rings. The van der Waals surface area contributed by atoms with E-state index in [1.165, 1.54) is 25.0 Å². The Morgan fingerprint density at radius 3 is 2.55 bits per heavy atom. The molecule has 1 unspecified atom stereocenters. The fraction of sp³-hybridized carbons (Fsp3) is 0.381. The second-order valence-corrected chi connectivity index (χ2v) is 9.23. The number of anilines is 1. The van der Waals surface area contributed by atoms with Crippen molar-refractivity contribution in [3.63, 3.8) is 0 Å². The van der Waals surface area contributed by atoms with Gasteiger partial charge in [-0.15, -0.1) is 0 Å².